The molecule has 2 aromatic carbocycles. The molecule has 1 fully saturated rings. The normalized spacial score (nSPS) is 15.2. The second-order valence-corrected chi connectivity index (χ2v) is 7.76. The highest BCUT2D eigenvalue weighted by atomic mass is 16.5. The molecular formula is C25H32N4O4. The lowest BCUT2D eigenvalue weighted by Gasteiger charge is -2.33. The maximum Gasteiger partial charge on any atom is 0.257 e. The Morgan fingerprint density at radius 3 is 2.58 bits per heavy atom. The van der Waals surface area contributed by atoms with Gasteiger partial charge in [-0.1, -0.05) is 30.3 Å². The Labute approximate surface area is 195 Å². The van der Waals surface area contributed by atoms with Crippen LogP contribution in [0.1, 0.15) is 35.2 Å². The van der Waals surface area contributed by atoms with Crippen LogP contribution in [0, 0.1) is 0 Å². The van der Waals surface area contributed by atoms with Gasteiger partial charge in [-0.3, -0.25) is 14.5 Å². The van der Waals surface area contributed by atoms with Gasteiger partial charge >= 0.3 is 0 Å². The minimum atomic E-state index is -0.298. The molecule has 33 heavy (non-hydrogen) atoms. The van der Waals surface area contributed by atoms with Crippen molar-refractivity contribution in [2.45, 2.75) is 25.3 Å². The van der Waals surface area contributed by atoms with E-state index in [1.165, 1.54) is 0 Å². The number of methoxy groups -OCH3 is 1. The Kier molecular flexibility index (Phi) is 9.87. The average Bonchev–Trinajstić information content (AvgIpc) is 2.87. The van der Waals surface area contributed by atoms with Crippen molar-refractivity contribution in [3.05, 3.63) is 65.7 Å². The molecule has 0 aliphatic carbocycles. The molecule has 1 atom stereocenters. The van der Waals surface area contributed by atoms with Crippen molar-refractivity contribution in [2.24, 2.45) is 5.10 Å². The van der Waals surface area contributed by atoms with E-state index in [0.717, 1.165) is 18.4 Å². The van der Waals surface area contributed by atoms with Crippen molar-refractivity contribution < 1.29 is 19.1 Å². The van der Waals surface area contributed by atoms with Gasteiger partial charge in [-0.05, 0) is 43.5 Å². The van der Waals surface area contributed by atoms with Crippen LogP contribution in [0.3, 0.4) is 0 Å². The van der Waals surface area contributed by atoms with E-state index in [9.17, 15) is 9.59 Å². The number of unbranched alkanes of at least 4 members (excludes halogenated alkanes) is 1. The molecule has 3 rings (SSSR count). The number of carbonyl (C=O) groups is 2. The first-order valence-electron chi connectivity index (χ1n) is 11.3. The molecule has 0 spiro atoms. The van der Waals surface area contributed by atoms with Gasteiger partial charge in [0.05, 0.1) is 32.6 Å². The third-order valence-electron chi connectivity index (χ3n) is 5.53. The van der Waals surface area contributed by atoms with Crippen LogP contribution in [0.15, 0.2) is 59.7 Å². The van der Waals surface area contributed by atoms with Gasteiger partial charge in [0.25, 0.3) is 11.8 Å². The highest BCUT2D eigenvalue weighted by Crippen LogP contribution is 2.15. The van der Waals surface area contributed by atoms with Crippen LogP contribution in [-0.4, -0.2) is 68.9 Å². The lowest BCUT2D eigenvalue weighted by molar-refractivity contribution is -0.128. The SMILES string of the molecule is COc1ccccc1/C=N/NC(=O)[C@@H](CCCCNC(=O)c1ccccc1)N1CCOCC1. The van der Waals surface area contributed by atoms with Crippen LogP contribution in [0.2, 0.25) is 0 Å². The van der Waals surface area contributed by atoms with Crippen LogP contribution in [0.25, 0.3) is 0 Å². The largest absolute Gasteiger partial charge is 0.496 e. The number of nitrogens with one attached hydrogen (secondary N) is 2. The Hall–Kier alpha value is -3.23. The number of rotatable bonds is 11. The molecule has 0 aromatic heterocycles. The lowest BCUT2D eigenvalue weighted by Crippen LogP contribution is -2.50. The number of amides is 2. The molecule has 0 unspecified atom stereocenters. The molecule has 0 saturated carbocycles. The van der Waals surface area contributed by atoms with Gasteiger partial charge in [0, 0.05) is 30.8 Å². The topological polar surface area (TPSA) is 92.3 Å². The highest BCUT2D eigenvalue weighted by molar-refractivity contribution is 5.94. The Morgan fingerprint density at radius 2 is 1.82 bits per heavy atom. The quantitative estimate of drug-likeness (QED) is 0.310. The summed E-state index contributed by atoms with van der Waals surface area (Å²) in [6, 6.07) is 16.3. The fourth-order valence-corrected chi connectivity index (χ4v) is 3.74. The van der Waals surface area contributed by atoms with Gasteiger partial charge in [0.15, 0.2) is 0 Å². The zero-order valence-corrected chi connectivity index (χ0v) is 19.0. The van der Waals surface area contributed by atoms with E-state index >= 15 is 0 Å². The maximum atomic E-state index is 12.9. The third kappa shape index (κ3) is 7.69. The first-order chi connectivity index (χ1) is 16.2. The summed E-state index contributed by atoms with van der Waals surface area (Å²) >= 11 is 0. The van der Waals surface area contributed by atoms with Gasteiger partial charge < -0.3 is 14.8 Å². The van der Waals surface area contributed by atoms with E-state index in [1.54, 1.807) is 25.5 Å². The molecule has 1 aliphatic rings. The molecule has 2 N–H and O–H groups in total. The predicted octanol–water partition coefficient (Wildman–Crippen LogP) is 2.45. The van der Waals surface area contributed by atoms with E-state index in [-0.39, 0.29) is 17.9 Å². The average molecular weight is 453 g/mol. The molecule has 1 saturated heterocycles. The molecule has 176 valence electrons. The summed E-state index contributed by atoms with van der Waals surface area (Å²) in [4.78, 5) is 27.2. The van der Waals surface area contributed by atoms with E-state index in [1.807, 2.05) is 42.5 Å². The van der Waals surface area contributed by atoms with E-state index in [4.69, 9.17) is 9.47 Å². The van der Waals surface area contributed by atoms with Crippen molar-refractivity contribution in [3.63, 3.8) is 0 Å². The summed E-state index contributed by atoms with van der Waals surface area (Å²) in [5.74, 6) is 0.470. The van der Waals surface area contributed by atoms with E-state index in [0.29, 0.717) is 50.6 Å². The zero-order valence-electron chi connectivity index (χ0n) is 19.0. The molecule has 8 nitrogen and oxygen atoms in total. The molecule has 0 bridgehead atoms. The summed E-state index contributed by atoms with van der Waals surface area (Å²) < 4.78 is 10.8. The van der Waals surface area contributed by atoms with Gasteiger partial charge in [-0.15, -0.1) is 0 Å². The van der Waals surface area contributed by atoms with Crippen LogP contribution >= 0.6 is 0 Å². The predicted molar refractivity (Wildman–Crippen MR) is 128 cm³/mol. The van der Waals surface area contributed by atoms with E-state index in [2.05, 4.69) is 20.7 Å². The summed E-state index contributed by atoms with van der Waals surface area (Å²) in [6.07, 6.45) is 3.86. The van der Waals surface area contributed by atoms with Gasteiger partial charge in [-0.2, -0.15) is 5.10 Å². The number of morpholine rings is 1. The number of nitrogens with zero attached hydrogens (tertiary/aromatic N) is 2. The number of carbonyl (C=O) groups excluding carboxylic acids is 2. The number of hydrazone groups is 1. The van der Waals surface area contributed by atoms with Gasteiger partial charge in [0.2, 0.25) is 0 Å². The maximum absolute atomic E-state index is 12.9. The first-order valence-corrected chi connectivity index (χ1v) is 11.3. The number of para-hydroxylation sites is 1. The number of ether oxygens (including phenoxy) is 2. The highest BCUT2D eigenvalue weighted by Gasteiger charge is 2.26. The summed E-state index contributed by atoms with van der Waals surface area (Å²) in [7, 11) is 1.60. The van der Waals surface area contributed by atoms with Crippen LogP contribution < -0.4 is 15.5 Å². The number of benzene rings is 2. The fraction of sp³-hybridized carbons (Fsp3) is 0.400. The second-order valence-electron chi connectivity index (χ2n) is 7.76. The number of hydrogen-bond acceptors (Lipinski definition) is 6. The lowest BCUT2D eigenvalue weighted by atomic mass is 10.1. The monoisotopic (exact) mass is 452 g/mol. The molecular weight excluding hydrogens is 420 g/mol. The molecule has 2 aromatic rings. The summed E-state index contributed by atoms with van der Waals surface area (Å²) in [5.41, 5.74) is 4.12. The molecule has 8 heteroatoms. The number of hydrogen-bond donors (Lipinski definition) is 2. The Morgan fingerprint density at radius 1 is 1.09 bits per heavy atom. The summed E-state index contributed by atoms with van der Waals surface area (Å²) in [6.45, 7) is 3.21. The second kappa shape index (κ2) is 13.3. The molecule has 1 heterocycles. The fourth-order valence-electron chi connectivity index (χ4n) is 3.74. The van der Waals surface area contributed by atoms with Crippen molar-refractivity contribution in [3.8, 4) is 5.75 Å². The third-order valence-corrected chi connectivity index (χ3v) is 5.53. The summed E-state index contributed by atoms with van der Waals surface area (Å²) in [5, 5.41) is 7.08. The Bertz CT molecular complexity index is 914. The Balaban J connectivity index is 1.49. The van der Waals surface area contributed by atoms with Crippen LogP contribution in [0.4, 0.5) is 0 Å². The molecule has 1 aliphatic heterocycles. The minimum Gasteiger partial charge on any atom is -0.496 e. The minimum absolute atomic E-state index is 0.0799. The first kappa shape index (κ1) is 24.4. The standard InChI is InChI=1S/C25H32N4O4/c1-32-23-13-6-5-11-21(23)19-27-28-25(31)22(29-15-17-33-18-16-29)12-7-8-14-26-24(30)20-9-3-2-4-10-20/h2-6,9-11,13,19,22H,7-8,12,14-18H2,1H3,(H,26,30)(H,28,31)/b27-19+/t22-/m1/s1. The van der Waals surface area contributed by atoms with E-state index < -0.39 is 0 Å². The smallest absolute Gasteiger partial charge is 0.257 e. The molecule has 0 radical (unpaired) electrons. The van der Waals surface area contributed by atoms with Crippen molar-refractivity contribution >= 4 is 18.0 Å². The van der Waals surface area contributed by atoms with Crippen molar-refractivity contribution in [1.29, 1.82) is 0 Å². The van der Waals surface area contributed by atoms with Gasteiger partial charge in [0.1, 0.15) is 5.75 Å². The van der Waals surface area contributed by atoms with Crippen LogP contribution in [-0.2, 0) is 9.53 Å². The van der Waals surface area contributed by atoms with Crippen LogP contribution in [0.5, 0.6) is 5.75 Å². The van der Waals surface area contributed by atoms with Crippen molar-refractivity contribution in [1.82, 2.24) is 15.6 Å². The zero-order chi connectivity index (χ0) is 23.3. The van der Waals surface area contributed by atoms with Crippen molar-refractivity contribution in [2.75, 3.05) is 40.0 Å². The van der Waals surface area contributed by atoms with Gasteiger partial charge in [-0.25, -0.2) is 5.43 Å². The molecule has 2 amide bonds.